The van der Waals surface area contributed by atoms with Gasteiger partial charge in [0.15, 0.2) is 0 Å². The van der Waals surface area contributed by atoms with Gasteiger partial charge in [0.05, 0.1) is 25.0 Å². The monoisotopic (exact) mass is 300 g/mol. The van der Waals surface area contributed by atoms with Crippen molar-refractivity contribution >= 4 is 17.3 Å². The fraction of sp³-hybridized carbons (Fsp3) is 0.692. The van der Waals surface area contributed by atoms with E-state index in [0.717, 1.165) is 19.4 Å². The molecule has 1 aliphatic heterocycles. The number of anilines is 1. The van der Waals surface area contributed by atoms with Crippen LogP contribution in [-0.4, -0.2) is 52.1 Å². The first-order chi connectivity index (χ1) is 9.52. The molecule has 0 radical (unpaired) electrons. The minimum Gasteiger partial charge on any atom is -0.394 e. The van der Waals surface area contributed by atoms with Gasteiger partial charge in [-0.05, 0) is 26.8 Å². The fourth-order valence-corrected chi connectivity index (χ4v) is 2.66. The SMILES string of the molecule is CC1CC(Nc2cnn(CCO)c(=O)c2Cl)CCN1C. The summed E-state index contributed by atoms with van der Waals surface area (Å²) in [5.41, 5.74) is 0.208. The Balaban J connectivity index is 2.10. The third-order valence-corrected chi connectivity index (χ3v) is 4.23. The lowest BCUT2D eigenvalue weighted by Gasteiger charge is -2.35. The summed E-state index contributed by atoms with van der Waals surface area (Å²) in [6, 6.07) is 0.802. The number of aliphatic hydroxyl groups excluding tert-OH is 1. The molecule has 1 saturated heterocycles. The van der Waals surface area contributed by atoms with Gasteiger partial charge in [-0.15, -0.1) is 0 Å². The summed E-state index contributed by atoms with van der Waals surface area (Å²) in [7, 11) is 2.12. The van der Waals surface area contributed by atoms with Gasteiger partial charge >= 0.3 is 0 Å². The van der Waals surface area contributed by atoms with E-state index in [1.54, 1.807) is 6.20 Å². The zero-order valence-corrected chi connectivity index (χ0v) is 12.6. The minimum atomic E-state index is -0.369. The van der Waals surface area contributed by atoms with Crippen molar-refractivity contribution in [3.05, 3.63) is 21.6 Å². The summed E-state index contributed by atoms with van der Waals surface area (Å²) in [5, 5.41) is 16.3. The molecule has 0 aliphatic carbocycles. The van der Waals surface area contributed by atoms with Crippen LogP contribution >= 0.6 is 11.6 Å². The number of piperidine rings is 1. The Hall–Kier alpha value is -1.11. The number of halogens is 1. The van der Waals surface area contributed by atoms with E-state index in [1.165, 1.54) is 4.68 Å². The molecule has 6 nitrogen and oxygen atoms in total. The lowest BCUT2D eigenvalue weighted by molar-refractivity contribution is 0.190. The predicted molar refractivity (Wildman–Crippen MR) is 79.3 cm³/mol. The predicted octanol–water partition coefficient (Wildman–Crippen LogP) is 0.784. The molecule has 1 aromatic heterocycles. The van der Waals surface area contributed by atoms with E-state index in [0.29, 0.717) is 17.8 Å². The van der Waals surface area contributed by atoms with E-state index >= 15 is 0 Å². The van der Waals surface area contributed by atoms with Crippen LogP contribution < -0.4 is 10.9 Å². The largest absolute Gasteiger partial charge is 0.394 e. The Morgan fingerprint density at radius 2 is 2.35 bits per heavy atom. The van der Waals surface area contributed by atoms with Gasteiger partial charge < -0.3 is 15.3 Å². The van der Waals surface area contributed by atoms with Gasteiger partial charge in [0.25, 0.3) is 5.56 Å². The Bertz CT molecular complexity index is 520. The van der Waals surface area contributed by atoms with Crippen LogP contribution in [0.2, 0.25) is 5.02 Å². The highest BCUT2D eigenvalue weighted by Gasteiger charge is 2.23. The number of nitrogens with zero attached hydrogens (tertiary/aromatic N) is 3. The van der Waals surface area contributed by atoms with Crippen molar-refractivity contribution < 1.29 is 5.11 Å². The number of likely N-dealkylation sites (tertiary alicyclic amines) is 1. The second-order valence-corrected chi connectivity index (χ2v) is 5.70. The van der Waals surface area contributed by atoms with E-state index in [4.69, 9.17) is 16.7 Å². The van der Waals surface area contributed by atoms with Gasteiger partial charge in [0, 0.05) is 18.6 Å². The molecule has 0 bridgehead atoms. The molecule has 2 heterocycles. The highest BCUT2D eigenvalue weighted by molar-refractivity contribution is 6.32. The molecule has 1 fully saturated rings. The summed E-state index contributed by atoms with van der Waals surface area (Å²) in [5.74, 6) is 0. The maximum Gasteiger partial charge on any atom is 0.287 e. The molecule has 7 heteroatoms. The summed E-state index contributed by atoms with van der Waals surface area (Å²) in [4.78, 5) is 14.3. The van der Waals surface area contributed by atoms with E-state index in [1.807, 2.05) is 0 Å². The first-order valence-corrected chi connectivity index (χ1v) is 7.24. The van der Waals surface area contributed by atoms with Gasteiger partial charge in [-0.2, -0.15) is 5.10 Å². The second kappa shape index (κ2) is 6.56. The van der Waals surface area contributed by atoms with Gasteiger partial charge in [-0.3, -0.25) is 4.79 Å². The Labute approximate surface area is 123 Å². The van der Waals surface area contributed by atoms with Crippen LogP contribution in [0, 0.1) is 0 Å². The fourth-order valence-electron chi connectivity index (χ4n) is 2.46. The quantitative estimate of drug-likeness (QED) is 0.860. The molecule has 20 heavy (non-hydrogen) atoms. The smallest absolute Gasteiger partial charge is 0.287 e. The zero-order valence-electron chi connectivity index (χ0n) is 11.8. The van der Waals surface area contributed by atoms with Crippen LogP contribution in [0.4, 0.5) is 5.69 Å². The zero-order chi connectivity index (χ0) is 14.7. The third-order valence-electron chi connectivity index (χ3n) is 3.86. The van der Waals surface area contributed by atoms with Crippen LogP contribution in [-0.2, 0) is 6.54 Å². The molecule has 1 aromatic rings. The normalized spacial score (nSPS) is 23.8. The standard InChI is InChI=1S/C13H21ClN4O2/c1-9-7-10(3-4-17(9)2)16-11-8-15-18(5-6-19)13(20)12(11)14/h8-10,16,19H,3-7H2,1-2H3. The van der Waals surface area contributed by atoms with Crippen LogP contribution in [0.3, 0.4) is 0 Å². The maximum atomic E-state index is 11.9. The molecule has 2 unspecified atom stereocenters. The van der Waals surface area contributed by atoms with Crippen LogP contribution in [0.5, 0.6) is 0 Å². The van der Waals surface area contributed by atoms with E-state index in [-0.39, 0.29) is 23.7 Å². The van der Waals surface area contributed by atoms with Gasteiger partial charge in [0.1, 0.15) is 5.02 Å². The number of nitrogens with one attached hydrogen (secondary N) is 1. The molecule has 112 valence electrons. The van der Waals surface area contributed by atoms with Crippen molar-refractivity contribution in [3.63, 3.8) is 0 Å². The third kappa shape index (κ3) is 3.31. The first kappa shape index (κ1) is 15.3. The molecular formula is C13H21ClN4O2. The highest BCUT2D eigenvalue weighted by atomic mass is 35.5. The molecule has 1 aliphatic rings. The summed E-state index contributed by atoms with van der Waals surface area (Å²) in [6.45, 7) is 3.23. The lowest BCUT2D eigenvalue weighted by Crippen LogP contribution is -2.42. The lowest BCUT2D eigenvalue weighted by atomic mass is 9.99. The van der Waals surface area contributed by atoms with Crippen molar-refractivity contribution in [2.45, 2.75) is 38.4 Å². The summed E-state index contributed by atoms with van der Waals surface area (Å²) >= 11 is 6.09. The Morgan fingerprint density at radius 1 is 1.60 bits per heavy atom. The summed E-state index contributed by atoms with van der Waals surface area (Å²) in [6.07, 6.45) is 3.58. The van der Waals surface area contributed by atoms with E-state index < -0.39 is 0 Å². The van der Waals surface area contributed by atoms with Crippen molar-refractivity contribution in [3.8, 4) is 0 Å². The topological polar surface area (TPSA) is 70.4 Å². The highest BCUT2D eigenvalue weighted by Crippen LogP contribution is 2.22. The number of rotatable bonds is 4. The molecule has 0 aromatic carbocycles. The van der Waals surface area contributed by atoms with Crippen molar-refractivity contribution in [1.82, 2.24) is 14.7 Å². The summed E-state index contributed by atoms with van der Waals surface area (Å²) < 4.78 is 1.17. The molecule has 0 spiro atoms. The number of aromatic nitrogens is 2. The molecule has 2 N–H and O–H groups in total. The second-order valence-electron chi connectivity index (χ2n) is 5.32. The average molecular weight is 301 g/mol. The van der Waals surface area contributed by atoms with Gasteiger partial charge in [-0.1, -0.05) is 11.6 Å². The molecule has 2 rings (SSSR count). The maximum absolute atomic E-state index is 11.9. The van der Waals surface area contributed by atoms with Gasteiger partial charge in [0.2, 0.25) is 0 Å². The molecular weight excluding hydrogens is 280 g/mol. The van der Waals surface area contributed by atoms with E-state index in [2.05, 4.69) is 29.3 Å². The number of aliphatic hydroxyl groups is 1. The molecule has 0 saturated carbocycles. The van der Waals surface area contributed by atoms with Crippen LogP contribution in [0.15, 0.2) is 11.0 Å². The van der Waals surface area contributed by atoms with Crippen LogP contribution in [0.1, 0.15) is 19.8 Å². The Kier molecular flexibility index (Phi) is 5.01. The van der Waals surface area contributed by atoms with Crippen LogP contribution in [0.25, 0.3) is 0 Å². The number of hydrogen-bond acceptors (Lipinski definition) is 5. The van der Waals surface area contributed by atoms with Crippen molar-refractivity contribution in [2.75, 3.05) is 25.5 Å². The van der Waals surface area contributed by atoms with Crippen molar-refractivity contribution in [2.24, 2.45) is 0 Å². The average Bonchev–Trinajstić information content (AvgIpc) is 2.42. The minimum absolute atomic E-state index is 0.136. The first-order valence-electron chi connectivity index (χ1n) is 6.86. The molecule has 0 amide bonds. The molecule has 2 atom stereocenters. The van der Waals surface area contributed by atoms with E-state index in [9.17, 15) is 4.79 Å². The number of hydrogen-bond donors (Lipinski definition) is 2. The van der Waals surface area contributed by atoms with Crippen molar-refractivity contribution in [1.29, 1.82) is 0 Å². The Morgan fingerprint density at radius 3 is 3.00 bits per heavy atom. The van der Waals surface area contributed by atoms with Gasteiger partial charge in [-0.25, -0.2) is 4.68 Å².